The number of hydrogen-bond donors (Lipinski definition) is 2. The Morgan fingerprint density at radius 1 is 1.32 bits per heavy atom. The van der Waals surface area contributed by atoms with Crippen LogP contribution in [0.15, 0.2) is 29.2 Å². The molecule has 19 heavy (non-hydrogen) atoms. The van der Waals surface area contributed by atoms with Gasteiger partial charge in [0.2, 0.25) is 0 Å². The van der Waals surface area contributed by atoms with Gasteiger partial charge in [-0.25, -0.2) is 8.42 Å². The zero-order valence-corrected chi connectivity index (χ0v) is 12.0. The van der Waals surface area contributed by atoms with E-state index in [0.29, 0.717) is 19.5 Å². The summed E-state index contributed by atoms with van der Waals surface area (Å²) in [6.45, 7) is 4.11. The van der Waals surface area contributed by atoms with Crippen LogP contribution in [-0.4, -0.2) is 32.7 Å². The molecule has 1 amide bonds. The summed E-state index contributed by atoms with van der Waals surface area (Å²) in [6.07, 6.45) is 0.658. The van der Waals surface area contributed by atoms with Crippen LogP contribution in [0.1, 0.15) is 30.6 Å². The Morgan fingerprint density at radius 3 is 2.53 bits per heavy atom. The van der Waals surface area contributed by atoms with Gasteiger partial charge in [0.25, 0.3) is 5.91 Å². The fraction of sp³-hybridized carbons (Fsp3) is 0.462. The van der Waals surface area contributed by atoms with Gasteiger partial charge >= 0.3 is 0 Å². The van der Waals surface area contributed by atoms with Crippen LogP contribution < -0.4 is 11.1 Å². The van der Waals surface area contributed by atoms with Gasteiger partial charge < -0.3 is 11.1 Å². The number of rotatable bonds is 6. The summed E-state index contributed by atoms with van der Waals surface area (Å²) < 4.78 is 24.4. The molecule has 5 nitrogen and oxygen atoms in total. The third kappa shape index (κ3) is 3.78. The minimum absolute atomic E-state index is 0.0789. The normalized spacial score (nSPS) is 11.6. The predicted molar refractivity (Wildman–Crippen MR) is 74.8 cm³/mol. The van der Waals surface area contributed by atoms with Crippen LogP contribution in [0.4, 0.5) is 0 Å². The highest BCUT2D eigenvalue weighted by molar-refractivity contribution is 7.92. The van der Waals surface area contributed by atoms with E-state index in [-0.39, 0.29) is 16.4 Å². The molecule has 106 valence electrons. The molecule has 0 spiro atoms. The first-order valence-electron chi connectivity index (χ1n) is 6.22. The Kier molecular flexibility index (Phi) is 5.50. The molecule has 0 heterocycles. The summed E-state index contributed by atoms with van der Waals surface area (Å²) in [6, 6.07) is 6.25. The van der Waals surface area contributed by atoms with Crippen molar-refractivity contribution in [2.24, 2.45) is 5.73 Å². The highest BCUT2D eigenvalue weighted by Gasteiger charge is 2.24. The molecule has 1 aromatic rings. The molecule has 0 aliphatic heterocycles. The first-order chi connectivity index (χ1) is 8.91. The van der Waals surface area contributed by atoms with Crippen LogP contribution >= 0.6 is 0 Å². The van der Waals surface area contributed by atoms with E-state index in [1.807, 2.05) is 0 Å². The van der Waals surface area contributed by atoms with E-state index in [9.17, 15) is 13.2 Å². The molecule has 0 radical (unpaired) electrons. The second kappa shape index (κ2) is 6.68. The quantitative estimate of drug-likeness (QED) is 0.761. The number of benzene rings is 1. The molecule has 0 aliphatic rings. The molecule has 1 rings (SSSR count). The Morgan fingerprint density at radius 2 is 1.95 bits per heavy atom. The molecule has 0 saturated heterocycles. The number of amides is 1. The topological polar surface area (TPSA) is 89.3 Å². The summed E-state index contributed by atoms with van der Waals surface area (Å²) >= 11 is 0. The van der Waals surface area contributed by atoms with Crippen molar-refractivity contribution in [3.05, 3.63) is 29.8 Å². The van der Waals surface area contributed by atoms with E-state index in [1.165, 1.54) is 12.1 Å². The fourth-order valence-electron chi connectivity index (χ4n) is 1.56. The van der Waals surface area contributed by atoms with Gasteiger partial charge in [-0.3, -0.25) is 4.79 Å². The maximum atomic E-state index is 12.2. The summed E-state index contributed by atoms with van der Waals surface area (Å²) in [5.74, 6) is -0.381. The van der Waals surface area contributed by atoms with Crippen molar-refractivity contribution in [3.63, 3.8) is 0 Å². The SMILES string of the molecule is CC(C)S(=O)(=O)c1ccccc1C(=O)NCCCN. The first kappa shape index (κ1) is 15.7. The lowest BCUT2D eigenvalue weighted by molar-refractivity contribution is 0.0950. The zero-order valence-electron chi connectivity index (χ0n) is 11.2. The molecule has 0 aromatic heterocycles. The highest BCUT2D eigenvalue weighted by Crippen LogP contribution is 2.20. The lowest BCUT2D eigenvalue weighted by atomic mass is 10.2. The second-order valence-corrected chi connectivity index (χ2v) is 6.96. The van der Waals surface area contributed by atoms with Gasteiger partial charge in [0, 0.05) is 6.54 Å². The van der Waals surface area contributed by atoms with Crippen molar-refractivity contribution >= 4 is 15.7 Å². The maximum absolute atomic E-state index is 12.2. The summed E-state index contributed by atoms with van der Waals surface area (Å²) in [4.78, 5) is 12.1. The van der Waals surface area contributed by atoms with Gasteiger partial charge in [0.1, 0.15) is 0 Å². The fourth-order valence-corrected chi connectivity index (χ4v) is 2.80. The molecule has 1 aromatic carbocycles. The standard InChI is InChI=1S/C13H20N2O3S/c1-10(2)19(17,18)12-7-4-3-6-11(12)13(16)15-9-5-8-14/h3-4,6-7,10H,5,8-9,14H2,1-2H3,(H,15,16). The number of hydrogen-bond acceptors (Lipinski definition) is 4. The molecule has 6 heteroatoms. The minimum Gasteiger partial charge on any atom is -0.352 e. The van der Waals surface area contributed by atoms with E-state index < -0.39 is 15.1 Å². The number of nitrogens with one attached hydrogen (secondary N) is 1. The van der Waals surface area contributed by atoms with Crippen molar-refractivity contribution in [2.75, 3.05) is 13.1 Å². The zero-order chi connectivity index (χ0) is 14.5. The van der Waals surface area contributed by atoms with E-state index in [4.69, 9.17) is 5.73 Å². The van der Waals surface area contributed by atoms with Crippen molar-refractivity contribution in [3.8, 4) is 0 Å². The third-order valence-corrected chi connectivity index (χ3v) is 4.94. The van der Waals surface area contributed by atoms with Crippen molar-refractivity contribution in [1.29, 1.82) is 0 Å². The molecule has 0 saturated carbocycles. The van der Waals surface area contributed by atoms with Crippen LogP contribution in [0, 0.1) is 0 Å². The molecule has 0 unspecified atom stereocenters. The van der Waals surface area contributed by atoms with Crippen LogP contribution in [-0.2, 0) is 9.84 Å². The number of sulfone groups is 1. The molecule has 0 bridgehead atoms. The summed E-state index contributed by atoms with van der Waals surface area (Å²) in [5, 5.41) is 2.10. The van der Waals surface area contributed by atoms with E-state index in [1.54, 1.807) is 26.0 Å². The van der Waals surface area contributed by atoms with E-state index >= 15 is 0 Å². The van der Waals surface area contributed by atoms with Crippen molar-refractivity contribution in [1.82, 2.24) is 5.32 Å². The van der Waals surface area contributed by atoms with E-state index in [0.717, 1.165) is 0 Å². The van der Waals surface area contributed by atoms with Crippen LogP contribution in [0.2, 0.25) is 0 Å². The average Bonchev–Trinajstić information content (AvgIpc) is 2.38. The minimum atomic E-state index is -3.47. The van der Waals surface area contributed by atoms with Gasteiger partial charge in [-0.15, -0.1) is 0 Å². The van der Waals surface area contributed by atoms with Gasteiger partial charge in [-0.05, 0) is 38.9 Å². The molecule has 0 fully saturated rings. The monoisotopic (exact) mass is 284 g/mol. The van der Waals surface area contributed by atoms with Gasteiger partial charge in [-0.1, -0.05) is 12.1 Å². The highest BCUT2D eigenvalue weighted by atomic mass is 32.2. The van der Waals surface area contributed by atoms with Crippen LogP contribution in [0.25, 0.3) is 0 Å². The third-order valence-electron chi connectivity index (χ3n) is 2.73. The Balaban J connectivity index is 3.06. The Hall–Kier alpha value is -1.40. The Bertz CT molecular complexity index is 539. The number of nitrogens with two attached hydrogens (primary N) is 1. The van der Waals surface area contributed by atoms with Gasteiger partial charge in [-0.2, -0.15) is 0 Å². The average molecular weight is 284 g/mol. The maximum Gasteiger partial charge on any atom is 0.252 e. The van der Waals surface area contributed by atoms with Gasteiger partial charge in [0.05, 0.1) is 15.7 Å². The summed E-state index contributed by atoms with van der Waals surface area (Å²) in [5.41, 5.74) is 5.53. The lowest BCUT2D eigenvalue weighted by Gasteiger charge is -2.12. The lowest BCUT2D eigenvalue weighted by Crippen LogP contribution is -2.28. The number of carbonyl (C=O) groups excluding carboxylic acids is 1. The largest absolute Gasteiger partial charge is 0.352 e. The first-order valence-corrected chi connectivity index (χ1v) is 7.77. The van der Waals surface area contributed by atoms with Crippen LogP contribution in [0.5, 0.6) is 0 Å². The Labute approximate surface area is 114 Å². The van der Waals surface area contributed by atoms with Crippen molar-refractivity contribution < 1.29 is 13.2 Å². The van der Waals surface area contributed by atoms with Gasteiger partial charge in [0.15, 0.2) is 9.84 Å². The predicted octanol–water partition coefficient (Wildman–Crippen LogP) is 0.947. The molecular formula is C13H20N2O3S. The van der Waals surface area contributed by atoms with Crippen LogP contribution in [0.3, 0.4) is 0 Å². The second-order valence-electron chi connectivity index (χ2n) is 4.49. The molecule has 3 N–H and O–H groups in total. The summed E-state index contributed by atoms with van der Waals surface area (Å²) in [7, 11) is -3.47. The van der Waals surface area contributed by atoms with Crippen molar-refractivity contribution in [2.45, 2.75) is 30.4 Å². The molecule has 0 atom stereocenters. The number of carbonyl (C=O) groups is 1. The smallest absolute Gasteiger partial charge is 0.252 e. The van der Waals surface area contributed by atoms with E-state index in [2.05, 4.69) is 5.32 Å². The molecular weight excluding hydrogens is 264 g/mol. The molecule has 0 aliphatic carbocycles.